The average molecular weight is 625 g/mol. The number of sulfonamides is 1. The van der Waals surface area contributed by atoms with Gasteiger partial charge in [-0.25, -0.2) is 8.42 Å². The first-order valence-electron chi connectivity index (χ1n) is 12.8. The summed E-state index contributed by atoms with van der Waals surface area (Å²) in [7, 11) is -4.22. The van der Waals surface area contributed by atoms with E-state index in [4.69, 9.17) is 34.8 Å². The molecule has 1 atom stereocenters. The molecule has 11 heteroatoms. The van der Waals surface area contributed by atoms with Gasteiger partial charge in [0.1, 0.15) is 12.6 Å². The summed E-state index contributed by atoms with van der Waals surface area (Å²) in [5.41, 5.74) is 1.66. The molecule has 0 fully saturated rings. The lowest BCUT2D eigenvalue weighted by Crippen LogP contribution is -2.52. The van der Waals surface area contributed by atoms with Crippen LogP contribution in [0, 0.1) is 6.92 Å². The molecule has 0 saturated carbocycles. The third kappa shape index (κ3) is 7.69. The Kier molecular flexibility index (Phi) is 11.3. The highest BCUT2D eigenvalue weighted by molar-refractivity contribution is 7.92. The van der Waals surface area contributed by atoms with E-state index in [2.05, 4.69) is 5.32 Å². The second-order valence-electron chi connectivity index (χ2n) is 9.25. The number of carbonyl (C=O) groups is 2. The van der Waals surface area contributed by atoms with Crippen molar-refractivity contribution < 1.29 is 18.0 Å². The molecule has 0 saturated heterocycles. The number of aryl methyl sites for hydroxylation is 1. The van der Waals surface area contributed by atoms with Gasteiger partial charge in [0.15, 0.2) is 0 Å². The lowest BCUT2D eigenvalue weighted by molar-refractivity contribution is -0.140. The smallest absolute Gasteiger partial charge is 0.264 e. The summed E-state index contributed by atoms with van der Waals surface area (Å²) in [5.74, 6) is -0.910. The minimum atomic E-state index is -4.22. The summed E-state index contributed by atoms with van der Waals surface area (Å²) >= 11 is 18.8. The van der Waals surface area contributed by atoms with Crippen LogP contribution in [0.5, 0.6) is 0 Å². The largest absolute Gasteiger partial charge is 0.354 e. The zero-order chi connectivity index (χ0) is 29.4. The van der Waals surface area contributed by atoms with E-state index in [9.17, 15) is 18.0 Å². The Labute approximate surface area is 251 Å². The van der Waals surface area contributed by atoms with Gasteiger partial charge >= 0.3 is 0 Å². The second kappa shape index (κ2) is 14.2. The van der Waals surface area contributed by atoms with Gasteiger partial charge in [-0.2, -0.15) is 0 Å². The topological polar surface area (TPSA) is 86.8 Å². The van der Waals surface area contributed by atoms with Gasteiger partial charge in [0.25, 0.3) is 10.0 Å². The summed E-state index contributed by atoms with van der Waals surface area (Å²) in [6, 6.07) is 16.8. The van der Waals surface area contributed by atoms with Gasteiger partial charge < -0.3 is 10.2 Å². The van der Waals surface area contributed by atoms with E-state index in [1.807, 2.05) is 13.8 Å². The maximum Gasteiger partial charge on any atom is 0.264 e. The zero-order valence-electron chi connectivity index (χ0n) is 22.5. The van der Waals surface area contributed by atoms with Crippen molar-refractivity contribution in [1.82, 2.24) is 10.2 Å². The summed E-state index contributed by atoms with van der Waals surface area (Å²) in [6.45, 7) is 5.44. The highest BCUT2D eigenvalue weighted by Gasteiger charge is 2.34. The fourth-order valence-electron chi connectivity index (χ4n) is 4.10. The lowest BCUT2D eigenvalue weighted by Gasteiger charge is -2.33. The first kappa shape index (κ1) is 31.7. The zero-order valence-corrected chi connectivity index (χ0v) is 25.6. The number of nitrogens with one attached hydrogen (secondary N) is 1. The van der Waals surface area contributed by atoms with Gasteiger partial charge in [-0.3, -0.25) is 13.9 Å². The predicted molar refractivity (Wildman–Crippen MR) is 162 cm³/mol. The SMILES string of the molecule is CCCNC(=O)[C@@H](CC)N(Cc1ccccc1Cl)C(=O)CN(c1ccc(Cl)c(Cl)c1)S(=O)(=O)c1ccc(C)cc1. The van der Waals surface area contributed by atoms with Crippen LogP contribution in [0.3, 0.4) is 0 Å². The maximum absolute atomic E-state index is 14.0. The average Bonchev–Trinajstić information content (AvgIpc) is 2.93. The molecule has 0 aliphatic heterocycles. The van der Waals surface area contributed by atoms with Gasteiger partial charge in [-0.1, -0.05) is 84.5 Å². The Morgan fingerprint density at radius 3 is 2.17 bits per heavy atom. The van der Waals surface area contributed by atoms with Crippen molar-refractivity contribution in [2.75, 3.05) is 17.4 Å². The van der Waals surface area contributed by atoms with Crippen LogP contribution in [0.15, 0.2) is 71.6 Å². The summed E-state index contributed by atoms with van der Waals surface area (Å²) in [6.07, 6.45) is 1.03. The van der Waals surface area contributed by atoms with E-state index in [-0.39, 0.29) is 33.1 Å². The van der Waals surface area contributed by atoms with Crippen LogP contribution in [0.2, 0.25) is 15.1 Å². The van der Waals surface area contributed by atoms with Crippen molar-refractivity contribution >= 4 is 62.3 Å². The number of nitrogens with zero attached hydrogens (tertiary/aromatic N) is 2. The first-order chi connectivity index (χ1) is 19.0. The highest BCUT2D eigenvalue weighted by Crippen LogP contribution is 2.31. The number of anilines is 1. The van der Waals surface area contributed by atoms with Crippen molar-refractivity contribution in [3.05, 3.63) is 92.9 Å². The number of benzene rings is 3. The second-order valence-corrected chi connectivity index (χ2v) is 12.3. The third-order valence-electron chi connectivity index (χ3n) is 6.31. The number of hydrogen-bond acceptors (Lipinski definition) is 4. The van der Waals surface area contributed by atoms with Crippen molar-refractivity contribution in [3.63, 3.8) is 0 Å². The van der Waals surface area contributed by atoms with Crippen LogP contribution in [0.25, 0.3) is 0 Å². The Morgan fingerprint density at radius 2 is 1.57 bits per heavy atom. The molecule has 3 aromatic carbocycles. The van der Waals surface area contributed by atoms with Crippen LogP contribution in [-0.4, -0.2) is 44.3 Å². The molecular weight excluding hydrogens is 593 g/mol. The molecule has 0 bridgehead atoms. The first-order valence-corrected chi connectivity index (χ1v) is 15.4. The van der Waals surface area contributed by atoms with E-state index in [1.54, 1.807) is 43.3 Å². The number of hydrogen-bond donors (Lipinski definition) is 1. The maximum atomic E-state index is 14.0. The predicted octanol–water partition coefficient (Wildman–Crippen LogP) is 6.48. The van der Waals surface area contributed by atoms with Crippen LogP contribution in [0.1, 0.15) is 37.8 Å². The number of carbonyl (C=O) groups excluding carboxylic acids is 2. The molecule has 40 heavy (non-hydrogen) atoms. The molecule has 3 aromatic rings. The summed E-state index contributed by atoms with van der Waals surface area (Å²) < 4.78 is 28.8. The molecule has 1 N–H and O–H groups in total. The quantitative estimate of drug-likeness (QED) is 0.250. The minimum absolute atomic E-state index is 0.00218. The van der Waals surface area contributed by atoms with Crippen molar-refractivity contribution in [3.8, 4) is 0 Å². The van der Waals surface area contributed by atoms with E-state index in [0.29, 0.717) is 23.6 Å². The fourth-order valence-corrected chi connectivity index (χ4v) is 6.00. The van der Waals surface area contributed by atoms with E-state index >= 15 is 0 Å². The molecule has 0 unspecified atom stereocenters. The lowest BCUT2D eigenvalue weighted by atomic mass is 10.1. The Hall–Kier alpha value is -2.78. The normalized spacial score (nSPS) is 12.1. The molecule has 0 spiro atoms. The van der Waals surface area contributed by atoms with Gasteiger partial charge in [0.05, 0.1) is 20.6 Å². The summed E-state index contributed by atoms with van der Waals surface area (Å²) in [4.78, 5) is 28.6. The molecule has 0 aromatic heterocycles. The van der Waals surface area contributed by atoms with Crippen LogP contribution in [0.4, 0.5) is 5.69 Å². The monoisotopic (exact) mass is 623 g/mol. The van der Waals surface area contributed by atoms with Crippen LogP contribution in [-0.2, 0) is 26.2 Å². The molecule has 0 aliphatic rings. The van der Waals surface area contributed by atoms with Crippen LogP contribution < -0.4 is 9.62 Å². The van der Waals surface area contributed by atoms with E-state index < -0.39 is 28.5 Å². The van der Waals surface area contributed by atoms with Gasteiger partial charge in [-0.15, -0.1) is 0 Å². The molecule has 214 valence electrons. The molecule has 7 nitrogen and oxygen atoms in total. The standard InChI is InChI=1S/C29H32Cl3N3O4S/c1-4-16-33-29(37)27(5-2)34(18-21-8-6-7-9-24(21)30)28(36)19-35(22-12-15-25(31)26(32)17-22)40(38,39)23-13-10-20(3)11-14-23/h6-15,17,27H,4-5,16,18-19H2,1-3H3,(H,33,37)/t27-/m1/s1. The van der Waals surface area contributed by atoms with Crippen LogP contribution >= 0.6 is 34.8 Å². The molecule has 0 radical (unpaired) electrons. The fraction of sp³-hybridized carbons (Fsp3) is 0.310. The third-order valence-corrected chi connectivity index (χ3v) is 9.21. The number of halogens is 3. The molecule has 2 amide bonds. The van der Waals surface area contributed by atoms with Gasteiger partial charge in [0, 0.05) is 18.1 Å². The Bertz CT molecular complexity index is 1450. The molecule has 0 aliphatic carbocycles. The number of amides is 2. The minimum Gasteiger partial charge on any atom is -0.354 e. The Morgan fingerprint density at radius 1 is 0.900 bits per heavy atom. The van der Waals surface area contributed by atoms with Gasteiger partial charge in [-0.05, 0) is 61.7 Å². The van der Waals surface area contributed by atoms with Crippen molar-refractivity contribution in [1.29, 1.82) is 0 Å². The molecule has 3 rings (SSSR count). The van der Waals surface area contributed by atoms with Crippen molar-refractivity contribution in [2.45, 2.75) is 51.1 Å². The Balaban J connectivity index is 2.09. The molecular formula is C29H32Cl3N3O4S. The van der Waals surface area contributed by atoms with E-state index in [0.717, 1.165) is 16.3 Å². The number of rotatable bonds is 12. The van der Waals surface area contributed by atoms with E-state index in [1.165, 1.54) is 35.2 Å². The molecule has 0 heterocycles. The van der Waals surface area contributed by atoms with Crippen molar-refractivity contribution in [2.24, 2.45) is 0 Å². The van der Waals surface area contributed by atoms with Gasteiger partial charge in [0.2, 0.25) is 11.8 Å². The summed E-state index contributed by atoms with van der Waals surface area (Å²) in [5, 5.41) is 3.65. The highest BCUT2D eigenvalue weighted by atomic mass is 35.5.